The second-order valence-electron chi connectivity index (χ2n) is 4.41. The summed E-state index contributed by atoms with van der Waals surface area (Å²) in [7, 11) is 0. The number of hydrogen-bond acceptors (Lipinski definition) is 4. The van der Waals surface area contributed by atoms with Crippen molar-refractivity contribution in [3.05, 3.63) is 0 Å². The maximum absolute atomic E-state index is 11.4. The van der Waals surface area contributed by atoms with E-state index in [1.54, 1.807) is 6.07 Å². The molecule has 0 aromatic rings. The Kier molecular flexibility index (Phi) is 5.51. The number of carbonyl (C=O) groups excluding carboxylic acids is 2. The molecule has 1 aliphatic rings. The lowest BCUT2D eigenvalue weighted by molar-refractivity contribution is -0.116. The third-order valence-corrected chi connectivity index (χ3v) is 1.68. The van der Waals surface area contributed by atoms with Crippen LogP contribution in [0.4, 0.5) is 4.79 Å². The van der Waals surface area contributed by atoms with E-state index in [9.17, 15) is 9.59 Å². The van der Waals surface area contributed by atoms with E-state index in [0.29, 0.717) is 13.0 Å². The van der Waals surface area contributed by atoms with Gasteiger partial charge < -0.3 is 9.64 Å². The second-order valence-corrected chi connectivity index (χ2v) is 4.41. The Morgan fingerprint density at radius 3 is 2.31 bits per heavy atom. The molecule has 0 aromatic heterocycles. The molecule has 0 spiro atoms. The van der Waals surface area contributed by atoms with Crippen LogP contribution < -0.4 is 0 Å². The van der Waals surface area contributed by atoms with Crippen LogP contribution in [0.25, 0.3) is 0 Å². The molecule has 1 saturated heterocycles. The lowest BCUT2D eigenvalue weighted by atomic mass is 10.2. The third-order valence-electron chi connectivity index (χ3n) is 1.68. The molecular formula is C11H18N2O3. The van der Waals surface area contributed by atoms with Gasteiger partial charge in [-0.25, -0.2) is 4.79 Å². The Morgan fingerprint density at radius 2 is 2.00 bits per heavy atom. The van der Waals surface area contributed by atoms with Crippen LogP contribution in [0.2, 0.25) is 0 Å². The van der Waals surface area contributed by atoms with Crippen LogP contribution in [0.15, 0.2) is 0 Å². The summed E-state index contributed by atoms with van der Waals surface area (Å²) < 4.78 is 5.10. The van der Waals surface area contributed by atoms with Crippen LogP contribution in [-0.2, 0) is 9.53 Å². The van der Waals surface area contributed by atoms with Crippen molar-refractivity contribution in [3.63, 3.8) is 0 Å². The molecule has 0 radical (unpaired) electrons. The Bertz CT molecular complexity index is 299. The van der Waals surface area contributed by atoms with Crippen LogP contribution >= 0.6 is 0 Å². The van der Waals surface area contributed by atoms with Gasteiger partial charge in [-0.3, -0.25) is 4.79 Å². The topological polar surface area (TPSA) is 70.4 Å². The number of rotatable bonds is 0. The van der Waals surface area contributed by atoms with Crippen molar-refractivity contribution >= 4 is 11.9 Å². The highest BCUT2D eigenvalue weighted by atomic mass is 16.6. The van der Waals surface area contributed by atoms with Crippen LogP contribution in [0.5, 0.6) is 0 Å². The average Bonchev–Trinajstić information content (AvgIpc) is 2.50. The molecule has 1 fully saturated rings. The molecule has 0 aromatic carbocycles. The van der Waals surface area contributed by atoms with Crippen LogP contribution in [0.1, 0.15) is 34.1 Å². The number of ketones is 1. The maximum Gasteiger partial charge on any atom is 0.410 e. The van der Waals surface area contributed by atoms with Gasteiger partial charge >= 0.3 is 6.09 Å². The number of ether oxygens (including phenoxy) is 1. The van der Waals surface area contributed by atoms with Gasteiger partial charge in [-0.15, -0.1) is 0 Å². The number of Topliss-reactive ketones (excluding diaryl/α,β-unsaturated/α-hetero) is 1. The van der Waals surface area contributed by atoms with Crippen molar-refractivity contribution in [2.24, 2.45) is 0 Å². The quantitative estimate of drug-likeness (QED) is 0.630. The highest BCUT2D eigenvalue weighted by Gasteiger charge is 2.27. The molecule has 0 atom stereocenters. The monoisotopic (exact) mass is 226 g/mol. The highest BCUT2D eigenvalue weighted by molar-refractivity contribution is 5.87. The summed E-state index contributed by atoms with van der Waals surface area (Å²) in [6, 6.07) is 1.75. The molecule has 16 heavy (non-hydrogen) atoms. The molecule has 5 heteroatoms. The van der Waals surface area contributed by atoms with Gasteiger partial charge in [0.05, 0.1) is 12.6 Å². The summed E-state index contributed by atoms with van der Waals surface area (Å²) >= 11 is 0. The van der Waals surface area contributed by atoms with Gasteiger partial charge in [-0.2, -0.15) is 5.26 Å². The summed E-state index contributed by atoms with van der Waals surface area (Å²) in [5.74, 6) is 0.103. The molecule has 1 aliphatic heterocycles. The van der Waals surface area contributed by atoms with E-state index in [2.05, 4.69) is 0 Å². The Balaban J connectivity index is 0.000000673. The minimum absolute atomic E-state index is 0.103. The lowest BCUT2D eigenvalue weighted by Crippen LogP contribution is -2.35. The number of amides is 1. The first kappa shape index (κ1) is 14.4. The molecule has 1 amide bonds. The predicted octanol–water partition coefficient (Wildman–Crippen LogP) is 1.73. The zero-order valence-corrected chi connectivity index (χ0v) is 10.2. The van der Waals surface area contributed by atoms with Crippen LogP contribution in [-0.4, -0.2) is 35.5 Å². The van der Waals surface area contributed by atoms with E-state index >= 15 is 0 Å². The number of nitrogens with zero attached hydrogens (tertiary/aromatic N) is 2. The smallest absolute Gasteiger partial charge is 0.410 e. The largest absolute Gasteiger partial charge is 0.444 e. The molecule has 0 N–H and O–H groups in total. The van der Waals surface area contributed by atoms with E-state index < -0.39 is 11.7 Å². The normalized spacial score (nSPS) is 14.9. The van der Waals surface area contributed by atoms with Crippen molar-refractivity contribution in [3.8, 4) is 6.07 Å². The molecule has 1 rings (SSSR count). The zero-order valence-electron chi connectivity index (χ0n) is 10.2. The van der Waals surface area contributed by atoms with E-state index in [-0.39, 0.29) is 12.3 Å². The zero-order chi connectivity index (χ0) is 12.8. The molecule has 5 nitrogen and oxygen atoms in total. The first-order valence-electron chi connectivity index (χ1n) is 5.10. The first-order valence-corrected chi connectivity index (χ1v) is 5.10. The average molecular weight is 226 g/mol. The van der Waals surface area contributed by atoms with E-state index in [0.717, 1.165) is 0 Å². The molecule has 0 saturated carbocycles. The van der Waals surface area contributed by atoms with Gasteiger partial charge in [-0.05, 0) is 20.8 Å². The molecule has 90 valence electrons. The fourth-order valence-electron chi connectivity index (χ4n) is 1.11. The molecule has 0 aliphatic carbocycles. The maximum atomic E-state index is 11.4. The molecule has 0 unspecified atom stereocenters. The summed E-state index contributed by atoms with van der Waals surface area (Å²) in [4.78, 5) is 23.7. The van der Waals surface area contributed by atoms with Crippen molar-refractivity contribution in [2.45, 2.75) is 39.7 Å². The van der Waals surface area contributed by atoms with Gasteiger partial charge in [0.25, 0.3) is 0 Å². The summed E-state index contributed by atoms with van der Waals surface area (Å²) in [6.07, 6.45) is 0.0672. The van der Waals surface area contributed by atoms with Gasteiger partial charge in [-0.1, -0.05) is 0 Å². The van der Waals surface area contributed by atoms with Gasteiger partial charge in [0.2, 0.25) is 0 Å². The summed E-state index contributed by atoms with van der Waals surface area (Å²) in [6.45, 7) is 7.55. The Labute approximate surface area is 96.0 Å². The van der Waals surface area contributed by atoms with E-state index in [1.165, 1.54) is 11.8 Å². The standard InChI is InChI=1S/C9H15NO3.C2H3N/c1-9(2,3)13-8(12)10-5-4-7(11)6-10;1-2-3/h4-6H2,1-3H3;1H3. The van der Waals surface area contributed by atoms with E-state index in [1.807, 2.05) is 20.8 Å². The SMILES string of the molecule is CC#N.CC(C)(C)OC(=O)N1CCC(=O)C1. The van der Waals surface area contributed by atoms with Crippen LogP contribution in [0.3, 0.4) is 0 Å². The van der Waals surface area contributed by atoms with Crippen molar-refractivity contribution < 1.29 is 14.3 Å². The summed E-state index contributed by atoms with van der Waals surface area (Å²) in [5.41, 5.74) is -0.483. The van der Waals surface area contributed by atoms with Crippen molar-refractivity contribution in [1.29, 1.82) is 5.26 Å². The number of hydrogen-bond donors (Lipinski definition) is 0. The second kappa shape index (κ2) is 6.11. The number of likely N-dealkylation sites (tertiary alicyclic amines) is 1. The lowest BCUT2D eigenvalue weighted by Gasteiger charge is -2.23. The number of nitriles is 1. The minimum atomic E-state index is -0.483. The molecule has 0 bridgehead atoms. The minimum Gasteiger partial charge on any atom is -0.444 e. The Morgan fingerprint density at radius 1 is 1.50 bits per heavy atom. The summed E-state index contributed by atoms with van der Waals surface area (Å²) in [5, 5.41) is 7.32. The number of carbonyl (C=O) groups is 2. The predicted molar refractivity (Wildman–Crippen MR) is 58.7 cm³/mol. The first-order chi connectivity index (χ1) is 7.30. The van der Waals surface area contributed by atoms with Crippen LogP contribution in [0, 0.1) is 11.3 Å². The fourth-order valence-corrected chi connectivity index (χ4v) is 1.11. The van der Waals surface area contributed by atoms with Gasteiger partial charge in [0, 0.05) is 19.9 Å². The third kappa shape index (κ3) is 6.02. The molecular weight excluding hydrogens is 208 g/mol. The Hall–Kier alpha value is -1.57. The highest BCUT2D eigenvalue weighted by Crippen LogP contribution is 2.12. The fraction of sp³-hybridized carbons (Fsp3) is 0.727. The van der Waals surface area contributed by atoms with Gasteiger partial charge in [0.1, 0.15) is 5.60 Å². The van der Waals surface area contributed by atoms with Crippen molar-refractivity contribution in [2.75, 3.05) is 13.1 Å². The van der Waals surface area contributed by atoms with Gasteiger partial charge in [0.15, 0.2) is 5.78 Å². The van der Waals surface area contributed by atoms with Crippen molar-refractivity contribution in [1.82, 2.24) is 4.90 Å². The molecule has 1 heterocycles. The van der Waals surface area contributed by atoms with E-state index in [4.69, 9.17) is 10.00 Å².